The third-order valence-electron chi connectivity index (χ3n) is 8.70. The van der Waals surface area contributed by atoms with Gasteiger partial charge >= 0.3 is 0 Å². The van der Waals surface area contributed by atoms with Gasteiger partial charge in [-0.1, -0.05) is 30.3 Å². The Balaban J connectivity index is 1.03. The highest BCUT2D eigenvalue weighted by atomic mass is 16.2. The van der Waals surface area contributed by atoms with Gasteiger partial charge in [0.25, 0.3) is 11.8 Å². The third kappa shape index (κ3) is 8.55. The second kappa shape index (κ2) is 15.5. The minimum atomic E-state index is -0.342. The standard InChI is InChI=1S/C39H40N8O3/c1-26-9-12-33(43-37(49)30-10-11-31-23-40-16-13-29(31)20-30)22-35(26)38(50)44-34-24-41-39(42-25-34)45-32-7-4-6-28(21-32)27-14-18-47(19-15-27)36(48)8-5-17-46(2)3/h4-13,16,20-25,27H,14-15,17-19H2,1-3H3,(H,43,49)(H,44,50)(H,41,42,45)/b8-5+. The smallest absolute Gasteiger partial charge is 0.256 e. The van der Waals surface area contributed by atoms with Crippen molar-refractivity contribution in [1.82, 2.24) is 24.8 Å². The minimum Gasteiger partial charge on any atom is -0.339 e. The van der Waals surface area contributed by atoms with Gasteiger partial charge in [0.05, 0.1) is 18.1 Å². The second-order valence-electron chi connectivity index (χ2n) is 12.7. The van der Waals surface area contributed by atoms with Crippen LogP contribution < -0.4 is 16.0 Å². The highest BCUT2D eigenvalue weighted by molar-refractivity contribution is 6.09. The number of likely N-dealkylation sites (N-methyl/N-ethyl adjacent to an activating group) is 1. The average molecular weight is 669 g/mol. The Bertz CT molecular complexity index is 2040. The molecule has 0 bridgehead atoms. The number of pyridine rings is 1. The van der Waals surface area contributed by atoms with E-state index in [2.05, 4.69) is 43.0 Å². The summed E-state index contributed by atoms with van der Waals surface area (Å²) in [5, 5.41) is 10.9. The van der Waals surface area contributed by atoms with Gasteiger partial charge in [-0.2, -0.15) is 0 Å². The van der Waals surface area contributed by atoms with Crippen molar-refractivity contribution in [2.75, 3.05) is 49.7 Å². The fourth-order valence-corrected chi connectivity index (χ4v) is 5.93. The molecule has 1 fully saturated rings. The lowest BCUT2D eigenvalue weighted by Gasteiger charge is -2.31. The predicted molar refractivity (Wildman–Crippen MR) is 197 cm³/mol. The van der Waals surface area contributed by atoms with E-state index in [1.54, 1.807) is 55.1 Å². The van der Waals surface area contributed by atoms with Crippen molar-refractivity contribution in [2.45, 2.75) is 25.7 Å². The van der Waals surface area contributed by atoms with Crippen LogP contribution in [-0.2, 0) is 4.79 Å². The topological polar surface area (TPSA) is 132 Å². The number of fused-ring (bicyclic) bond motifs is 1. The first-order valence-corrected chi connectivity index (χ1v) is 16.6. The average Bonchev–Trinajstić information content (AvgIpc) is 3.13. The van der Waals surface area contributed by atoms with E-state index in [4.69, 9.17) is 0 Å². The second-order valence-corrected chi connectivity index (χ2v) is 12.7. The van der Waals surface area contributed by atoms with Gasteiger partial charge in [0.2, 0.25) is 11.9 Å². The highest BCUT2D eigenvalue weighted by Crippen LogP contribution is 2.30. The maximum atomic E-state index is 13.3. The van der Waals surface area contributed by atoms with Crippen LogP contribution in [0.4, 0.5) is 23.0 Å². The predicted octanol–water partition coefficient (Wildman–Crippen LogP) is 6.41. The van der Waals surface area contributed by atoms with E-state index in [0.717, 1.165) is 54.5 Å². The van der Waals surface area contributed by atoms with Gasteiger partial charge in [-0.15, -0.1) is 0 Å². The van der Waals surface area contributed by atoms with Crippen LogP contribution >= 0.6 is 0 Å². The van der Waals surface area contributed by atoms with Crippen LogP contribution in [0.2, 0.25) is 0 Å². The zero-order valence-corrected chi connectivity index (χ0v) is 28.4. The molecule has 1 saturated heterocycles. The first kappa shape index (κ1) is 33.9. The van der Waals surface area contributed by atoms with E-state index in [-0.39, 0.29) is 17.7 Å². The summed E-state index contributed by atoms with van der Waals surface area (Å²) in [5.41, 5.74) is 4.69. The number of benzene rings is 3. The van der Waals surface area contributed by atoms with Gasteiger partial charge in [0.1, 0.15) is 0 Å². The van der Waals surface area contributed by atoms with E-state index in [0.29, 0.717) is 34.4 Å². The van der Waals surface area contributed by atoms with Gasteiger partial charge < -0.3 is 25.8 Å². The molecule has 1 aliphatic rings. The van der Waals surface area contributed by atoms with E-state index < -0.39 is 0 Å². The molecule has 50 heavy (non-hydrogen) atoms. The number of aryl methyl sites for hydroxylation is 1. The van der Waals surface area contributed by atoms with Crippen molar-refractivity contribution in [3.63, 3.8) is 0 Å². The van der Waals surface area contributed by atoms with Crippen LogP contribution in [0.15, 0.2) is 104 Å². The number of amides is 3. The molecule has 3 aromatic carbocycles. The number of nitrogens with zero attached hydrogens (tertiary/aromatic N) is 5. The Morgan fingerprint density at radius 2 is 1.62 bits per heavy atom. The molecule has 2 aromatic heterocycles. The molecule has 0 spiro atoms. The zero-order valence-electron chi connectivity index (χ0n) is 28.4. The number of hydrogen-bond donors (Lipinski definition) is 3. The highest BCUT2D eigenvalue weighted by Gasteiger charge is 2.23. The Labute approximate surface area is 291 Å². The lowest BCUT2D eigenvalue weighted by atomic mass is 9.89. The van der Waals surface area contributed by atoms with E-state index in [1.165, 1.54) is 5.56 Å². The molecule has 11 heteroatoms. The van der Waals surface area contributed by atoms with Crippen molar-refractivity contribution >= 4 is 51.5 Å². The SMILES string of the molecule is Cc1ccc(NC(=O)c2ccc3cnccc3c2)cc1C(=O)Nc1cnc(Nc2cccc(C3CCN(C(=O)/C=C/CN(C)C)CC3)c2)nc1. The molecule has 1 aliphatic heterocycles. The summed E-state index contributed by atoms with van der Waals surface area (Å²) < 4.78 is 0. The quantitative estimate of drug-likeness (QED) is 0.146. The fraction of sp³-hybridized carbons (Fsp3) is 0.231. The van der Waals surface area contributed by atoms with Crippen LogP contribution in [0.5, 0.6) is 0 Å². The van der Waals surface area contributed by atoms with Crippen LogP contribution in [0.25, 0.3) is 10.8 Å². The summed E-state index contributed by atoms with van der Waals surface area (Å²) in [6, 6.07) is 20.7. The molecule has 0 radical (unpaired) electrons. The summed E-state index contributed by atoms with van der Waals surface area (Å²) in [5.74, 6) is 0.210. The lowest BCUT2D eigenvalue weighted by Crippen LogP contribution is -2.37. The third-order valence-corrected chi connectivity index (χ3v) is 8.70. The molecular formula is C39H40N8O3. The number of likely N-dealkylation sites (tertiary alicyclic amines) is 1. The molecule has 254 valence electrons. The van der Waals surface area contributed by atoms with Crippen LogP contribution in [0.1, 0.15) is 50.6 Å². The molecule has 3 N–H and O–H groups in total. The van der Waals surface area contributed by atoms with Crippen molar-refractivity contribution in [3.05, 3.63) is 126 Å². The first-order valence-electron chi connectivity index (χ1n) is 16.6. The molecule has 5 aromatic rings. The summed E-state index contributed by atoms with van der Waals surface area (Å²) in [7, 11) is 3.95. The normalized spacial score (nSPS) is 13.5. The van der Waals surface area contributed by atoms with Gasteiger partial charge in [0.15, 0.2) is 0 Å². The summed E-state index contributed by atoms with van der Waals surface area (Å²) in [6.45, 7) is 4.03. The summed E-state index contributed by atoms with van der Waals surface area (Å²) in [6.07, 6.45) is 11.9. The molecule has 6 rings (SSSR count). The first-order chi connectivity index (χ1) is 24.2. The monoisotopic (exact) mass is 668 g/mol. The van der Waals surface area contributed by atoms with Crippen molar-refractivity contribution < 1.29 is 14.4 Å². The van der Waals surface area contributed by atoms with Gasteiger partial charge in [-0.05, 0) is 98.8 Å². The van der Waals surface area contributed by atoms with Crippen LogP contribution in [0.3, 0.4) is 0 Å². The molecule has 0 saturated carbocycles. The molecule has 3 heterocycles. The minimum absolute atomic E-state index is 0.0703. The summed E-state index contributed by atoms with van der Waals surface area (Å²) >= 11 is 0. The number of carbonyl (C=O) groups excluding carboxylic acids is 3. The van der Waals surface area contributed by atoms with Gasteiger partial charge in [-0.3, -0.25) is 19.4 Å². The molecule has 0 atom stereocenters. The van der Waals surface area contributed by atoms with Crippen molar-refractivity contribution in [2.24, 2.45) is 0 Å². The number of piperidine rings is 1. The number of nitrogens with one attached hydrogen (secondary N) is 3. The maximum absolute atomic E-state index is 13.3. The molecule has 3 amide bonds. The van der Waals surface area contributed by atoms with Gasteiger partial charge in [-0.25, -0.2) is 9.97 Å². The number of anilines is 4. The van der Waals surface area contributed by atoms with Crippen molar-refractivity contribution in [1.29, 1.82) is 0 Å². The van der Waals surface area contributed by atoms with Crippen molar-refractivity contribution in [3.8, 4) is 0 Å². The van der Waals surface area contributed by atoms with Crippen LogP contribution in [-0.4, -0.2) is 76.2 Å². The number of aromatic nitrogens is 3. The van der Waals surface area contributed by atoms with E-state index in [9.17, 15) is 14.4 Å². The molecule has 0 aliphatic carbocycles. The Hall–Kier alpha value is -5.94. The largest absolute Gasteiger partial charge is 0.339 e. The molecular weight excluding hydrogens is 628 g/mol. The fourth-order valence-electron chi connectivity index (χ4n) is 5.93. The summed E-state index contributed by atoms with van der Waals surface area (Å²) in [4.78, 5) is 55.6. The Kier molecular flexibility index (Phi) is 10.5. The Morgan fingerprint density at radius 1 is 0.840 bits per heavy atom. The van der Waals surface area contributed by atoms with E-state index >= 15 is 0 Å². The number of rotatable bonds is 10. The lowest BCUT2D eigenvalue weighted by molar-refractivity contribution is -0.127. The number of hydrogen-bond acceptors (Lipinski definition) is 8. The zero-order chi connectivity index (χ0) is 35.0. The molecule has 11 nitrogen and oxygen atoms in total. The maximum Gasteiger partial charge on any atom is 0.256 e. The molecule has 0 unspecified atom stereocenters. The van der Waals surface area contributed by atoms with Crippen LogP contribution in [0, 0.1) is 6.92 Å². The Morgan fingerprint density at radius 3 is 2.40 bits per heavy atom. The number of carbonyl (C=O) groups is 3. The van der Waals surface area contributed by atoms with Gasteiger partial charge in [0, 0.05) is 66.0 Å². The van der Waals surface area contributed by atoms with E-state index in [1.807, 2.05) is 67.2 Å².